The van der Waals surface area contributed by atoms with Crippen molar-refractivity contribution in [1.29, 1.82) is 0 Å². The molecule has 3 rings (SSSR count). The lowest BCUT2D eigenvalue weighted by Gasteiger charge is -2.13. The number of amides is 3. The van der Waals surface area contributed by atoms with Crippen molar-refractivity contribution >= 4 is 23.4 Å². The van der Waals surface area contributed by atoms with Crippen LogP contribution in [0.25, 0.3) is 0 Å². The van der Waals surface area contributed by atoms with E-state index in [1.807, 2.05) is 54.6 Å². The van der Waals surface area contributed by atoms with Crippen molar-refractivity contribution in [2.24, 2.45) is 0 Å². The summed E-state index contributed by atoms with van der Waals surface area (Å²) in [5.41, 5.74) is 3.89. The Morgan fingerprint density at radius 1 is 0.688 bits per heavy atom. The minimum atomic E-state index is -0.158. The van der Waals surface area contributed by atoms with Gasteiger partial charge in [-0.25, -0.2) is 0 Å². The van der Waals surface area contributed by atoms with Gasteiger partial charge < -0.3 is 16.0 Å². The number of carbonyl (C=O) groups is 3. The van der Waals surface area contributed by atoms with Gasteiger partial charge in [-0.2, -0.15) is 0 Å². The quantitative estimate of drug-likeness (QED) is 0.486. The average Bonchev–Trinajstić information content (AvgIpc) is 2.81. The fraction of sp³-hybridized carbons (Fsp3) is 0.192. The van der Waals surface area contributed by atoms with Gasteiger partial charge in [0, 0.05) is 36.8 Å². The molecule has 3 aromatic rings. The predicted molar refractivity (Wildman–Crippen MR) is 126 cm³/mol. The van der Waals surface area contributed by atoms with Gasteiger partial charge >= 0.3 is 0 Å². The standard InChI is InChI=1S/C26H27N3O3/c1-19(30)29-24-18-20(14-16-27-25(31)22-8-4-2-5-9-22)12-13-21(24)15-17-28-26(32)23-10-6-3-7-11-23/h2-13,18H,14-17H2,1H3,(H,27,31)(H,28,32)(H,29,30). The fourth-order valence-corrected chi connectivity index (χ4v) is 3.32. The lowest BCUT2D eigenvalue weighted by molar-refractivity contribution is -0.114. The van der Waals surface area contributed by atoms with E-state index in [2.05, 4.69) is 16.0 Å². The molecule has 32 heavy (non-hydrogen) atoms. The summed E-state index contributed by atoms with van der Waals surface area (Å²) in [4.78, 5) is 36.1. The molecule has 0 heterocycles. The summed E-state index contributed by atoms with van der Waals surface area (Å²) in [6.45, 7) is 2.40. The molecular formula is C26H27N3O3. The molecule has 0 saturated heterocycles. The van der Waals surface area contributed by atoms with Crippen molar-refractivity contribution in [2.75, 3.05) is 18.4 Å². The van der Waals surface area contributed by atoms with Crippen molar-refractivity contribution in [2.45, 2.75) is 19.8 Å². The third kappa shape index (κ3) is 6.80. The van der Waals surface area contributed by atoms with E-state index in [9.17, 15) is 14.4 Å². The van der Waals surface area contributed by atoms with E-state index in [4.69, 9.17) is 0 Å². The highest BCUT2D eigenvalue weighted by molar-refractivity contribution is 5.94. The first-order valence-corrected chi connectivity index (χ1v) is 10.6. The molecule has 0 atom stereocenters. The van der Waals surface area contributed by atoms with E-state index in [1.165, 1.54) is 6.92 Å². The summed E-state index contributed by atoms with van der Waals surface area (Å²) in [5, 5.41) is 8.69. The Bertz CT molecular complexity index is 1070. The van der Waals surface area contributed by atoms with Crippen LogP contribution in [0.2, 0.25) is 0 Å². The maximum Gasteiger partial charge on any atom is 0.251 e. The molecule has 0 spiro atoms. The molecule has 3 aromatic carbocycles. The number of hydrogen-bond acceptors (Lipinski definition) is 3. The number of benzene rings is 3. The van der Waals surface area contributed by atoms with E-state index in [0.29, 0.717) is 37.1 Å². The van der Waals surface area contributed by atoms with Crippen molar-refractivity contribution in [3.63, 3.8) is 0 Å². The highest BCUT2D eigenvalue weighted by Gasteiger charge is 2.09. The molecule has 164 valence electrons. The van der Waals surface area contributed by atoms with Gasteiger partial charge in [0.15, 0.2) is 0 Å². The summed E-state index contributed by atoms with van der Waals surface area (Å²) >= 11 is 0. The van der Waals surface area contributed by atoms with E-state index >= 15 is 0 Å². The molecule has 0 unspecified atom stereocenters. The Balaban J connectivity index is 1.56. The van der Waals surface area contributed by atoms with Crippen LogP contribution in [0.3, 0.4) is 0 Å². The second-order valence-electron chi connectivity index (χ2n) is 7.42. The molecule has 6 nitrogen and oxygen atoms in total. The largest absolute Gasteiger partial charge is 0.352 e. The number of anilines is 1. The van der Waals surface area contributed by atoms with Gasteiger partial charge in [-0.15, -0.1) is 0 Å². The average molecular weight is 430 g/mol. The molecule has 0 bridgehead atoms. The van der Waals surface area contributed by atoms with Gasteiger partial charge in [-0.1, -0.05) is 48.5 Å². The van der Waals surface area contributed by atoms with Crippen LogP contribution in [0.1, 0.15) is 38.8 Å². The molecule has 6 heteroatoms. The maximum atomic E-state index is 12.2. The number of hydrogen-bond donors (Lipinski definition) is 3. The van der Waals surface area contributed by atoms with Crippen molar-refractivity contribution in [3.8, 4) is 0 Å². The zero-order valence-corrected chi connectivity index (χ0v) is 18.1. The van der Waals surface area contributed by atoms with Crippen LogP contribution in [0.4, 0.5) is 5.69 Å². The van der Waals surface area contributed by atoms with Crippen LogP contribution < -0.4 is 16.0 Å². The van der Waals surface area contributed by atoms with Gasteiger partial charge in [0.2, 0.25) is 5.91 Å². The van der Waals surface area contributed by atoms with E-state index in [1.54, 1.807) is 24.3 Å². The minimum absolute atomic E-state index is 0.113. The SMILES string of the molecule is CC(=O)Nc1cc(CCNC(=O)c2ccccc2)ccc1CCNC(=O)c1ccccc1. The lowest BCUT2D eigenvalue weighted by Crippen LogP contribution is -2.26. The van der Waals surface area contributed by atoms with Gasteiger partial charge in [0.05, 0.1) is 0 Å². The zero-order valence-electron chi connectivity index (χ0n) is 18.1. The predicted octanol–water partition coefficient (Wildman–Crippen LogP) is 3.59. The normalized spacial score (nSPS) is 10.3. The molecule has 0 fully saturated rings. The number of rotatable bonds is 9. The number of carbonyl (C=O) groups excluding carboxylic acids is 3. The van der Waals surface area contributed by atoms with Crippen LogP contribution in [0, 0.1) is 0 Å². The molecule has 0 aromatic heterocycles. The van der Waals surface area contributed by atoms with Crippen LogP contribution in [0.15, 0.2) is 78.9 Å². The molecule has 0 aliphatic heterocycles. The second-order valence-corrected chi connectivity index (χ2v) is 7.42. The fourth-order valence-electron chi connectivity index (χ4n) is 3.32. The van der Waals surface area contributed by atoms with Gasteiger partial charge in [0.1, 0.15) is 0 Å². The highest BCUT2D eigenvalue weighted by Crippen LogP contribution is 2.19. The first-order valence-electron chi connectivity index (χ1n) is 10.6. The van der Waals surface area contributed by atoms with E-state index in [-0.39, 0.29) is 17.7 Å². The third-order valence-corrected chi connectivity index (χ3v) is 4.94. The van der Waals surface area contributed by atoms with Crippen molar-refractivity contribution in [3.05, 3.63) is 101 Å². The molecule has 3 N–H and O–H groups in total. The molecule has 0 aliphatic carbocycles. The summed E-state index contributed by atoms with van der Waals surface area (Å²) in [6.07, 6.45) is 1.22. The zero-order chi connectivity index (χ0) is 22.8. The Morgan fingerprint density at radius 2 is 1.22 bits per heavy atom. The maximum absolute atomic E-state index is 12.2. The number of nitrogens with one attached hydrogen (secondary N) is 3. The van der Waals surface area contributed by atoms with E-state index < -0.39 is 0 Å². The van der Waals surface area contributed by atoms with Gasteiger partial charge in [0.25, 0.3) is 11.8 Å². The summed E-state index contributed by atoms with van der Waals surface area (Å²) < 4.78 is 0. The van der Waals surface area contributed by atoms with Crippen LogP contribution in [0.5, 0.6) is 0 Å². The molecule has 3 amide bonds. The Hall–Kier alpha value is -3.93. The summed E-state index contributed by atoms with van der Waals surface area (Å²) in [5.74, 6) is -0.398. The molecular weight excluding hydrogens is 402 g/mol. The summed E-state index contributed by atoms with van der Waals surface area (Å²) in [6, 6.07) is 24.0. The first-order chi connectivity index (χ1) is 15.5. The smallest absolute Gasteiger partial charge is 0.251 e. The molecule has 0 radical (unpaired) electrons. The van der Waals surface area contributed by atoms with Gasteiger partial charge in [-0.05, 0) is 54.3 Å². The van der Waals surface area contributed by atoms with Crippen molar-refractivity contribution < 1.29 is 14.4 Å². The Labute approximate surface area is 188 Å². The van der Waals surface area contributed by atoms with Crippen molar-refractivity contribution in [1.82, 2.24) is 10.6 Å². The van der Waals surface area contributed by atoms with Crippen LogP contribution in [-0.4, -0.2) is 30.8 Å². The Morgan fingerprint density at radius 3 is 1.75 bits per heavy atom. The highest BCUT2D eigenvalue weighted by atomic mass is 16.2. The first kappa shape index (κ1) is 22.7. The monoisotopic (exact) mass is 429 g/mol. The molecule has 0 saturated carbocycles. The Kier molecular flexibility index (Phi) is 8.15. The summed E-state index contributed by atoms with van der Waals surface area (Å²) in [7, 11) is 0. The third-order valence-electron chi connectivity index (χ3n) is 4.94. The van der Waals surface area contributed by atoms with Gasteiger partial charge in [-0.3, -0.25) is 14.4 Å². The lowest BCUT2D eigenvalue weighted by atomic mass is 10.0. The minimum Gasteiger partial charge on any atom is -0.352 e. The second kappa shape index (κ2) is 11.5. The molecule has 0 aliphatic rings. The van der Waals surface area contributed by atoms with E-state index in [0.717, 1.165) is 16.8 Å². The van der Waals surface area contributed by atoms with Crippen LogP contribution >= 0.6 is 0 Å². The topological polar surface area (TPSA) is 87.3 Å². The van der Waals surface area contributed by atoms with Crippen LogP contribution in [-0.2, 0) is 17.6 Å².